The van der Waals surface area contributed by atoms with E-state index in [9.17, 15) is 0 Å². The number of allylic oxidation sites excluding steroid dienone is 2. The van der Waals surface area contributed by atoms with Gasteiger partial charge < -0.3 is 10.7 Å². The van der Waals surface area contributed by atoms with E-state index in [1.165, 1.54) is 0 Å². The zero-order valence-corrected chi connectivity index (χ0v) is 20.2. The average Bonchev–Trinajstić information content (AvgIpc) is 3.13. The van der Waals surface area contributed by atoms with Gasteiger partial charge in [-0.25, -0.2) is 4.39 Å². The molecule has 0 atom stereocenters. The van der Waals surface area contributed by atoms with Gasteiger partial charge in [0.2, 0.25) is 0 Å². The minimum atomic E-state index is -1.45. The fourth-order valence-corrected chi connectivity index (χ4v) is 4.69. The molecular formula is C25H33FN4S. The highest BCUT2D eigenvalue weighted by molar-refractivity contribution is 7.16. The molecule has 0 bridgehead atoms. The van der Waals surface area contributed by atoms with Crippen molar-refractivity contribution in [2.75, 3.05) is 6.54 Å². The summed E-state index contributed by atoms with van der Waals surface area (Å²) in [5.41, 5.74) is 4.05. The molecule has 0 saturated heterocycles. The summed E-state index contributed by atoms with van der Waals surface area (Å²) in [5.74, 6) is 0. The second-order valence-electron chi connectivity index (χ2n) is 7.78. The van der Waals surface area contributed by atoms with Crippen molar-refractivity contribution in [2.24, 2.45) is 4.99 Å². The number of alkyl halides is 1. The molecular weight excluding hydrogens is 407 g/mol. The molecule has 166 valence electrons. The number of hydrogen-bond acceptors (Lipinski definition) is 5. The van der Waals surface area contributed by atoms with Crippen molar-refractivity contribution in [2.45, 2.75) is 60.1 Å². The van der Waals surface area contributed by atoms with E-state index < -0.39 is 5.67 Å². The number of aryl methyl sites for hydroxylation is 2. The van der Waals surface area contributed by atoms with Gasteiger partial charge in [-0.1, -0.05) is 19.9 Å². The van der Waals surface area contributed by atoms with Crippen molar-refractivity contribution in [1.29, 1.82) is 5.41 Å². The van der Waals surface area contributed by atoms with Gasteiger partial charge in [-0.3, -0.25) is 9.98 Å². The molecule has 2 heterocycles. The first kappa shape index (κ1) is 24.7. The molecule has 0 amide bonds. The molecule has 0 radical (unpaired) electrons. The van der Waals surface area contributed by atoms with Gasteiger partial charge in [-0.2, -0.15) is 0 Å². The number of halogens is 1. The molecule has 0 saturated carbocycles. The minimum absolute atomic E-state index is 0.298. The van der Waals surface area contributed by atoms with Crippen molar-refractivity contribution < 1.29 is 4.39 Å². The molecule has 0 aromatic carbocycles. The van der Waals surface area contributed by atoms with Gasteiger partial charge in [-0.05, 0) is 82.7 Å². The third-order valence-corrected chi connectivity index (χ3v) is 6.70. The third kappa shape index (κ3) is 5.97. The minimum Gasteiger partial charge on any atom is -0.379 e. The van der Waals surface area contributed by atoms with Crippen molar-refractivity contribution >= 4 is 29.5 Å². The van der Waals surface area contributed by atoms with Crippen LogP contribution < -0.4 is 5.32 Å². The molecule has 2 rings (SSSR count). The van der Waals surface area contributed by atoms with Crippen LogP contribution >= 0.6 is 11.3 Å². The number of pyridine rings is 1. The highest BCUT2D eigenvalue weighted by atomic mass is 32.1. The van der Waals surface area contributed by atoms with Crippen LogP contribution in [0.5, 0.6) is 0 Å². The molecule has 31 heavy (non-hydrogen) atoms. The topological polar surface area (TPSA) is 61.1 Å². The van der Waals surface area contributed by atoms with Crippen LogP contribution in [0.25, 0.3) is 16.3 Å². The maximum absolute atomic E-state index is 15.5. The van der Waals surface area contributed by atoms with Crippen LogP contribution in [-0.2, 0) is 0 Å². The molecule has 4 nitrogen and oxygen atoms in total. The van der Waals surface area contributed by atoms with Gasteiger partial charge in [0, 0.05) is 18.0 Å². The Kier molecular flexibility index (Phi) is 8.45. The van der Waals surface area contributed by atoms with E-state index in [0.29, 0.717) is 30.7 Å². The lowest BCUT2D eigenvalue weighted by Crippen LogP contribution is -2.31. The van der Waals surface area contributed by atoms with Gasteiger partial charge in [0.1, 0.15) is 5.67 Å². The van der Waals surface area contributed by atoms with Crippen LogP contribution in [0.4, 0.5) is 4.39 Å². The SMILES string of the molecule is C=N/C(C)=C(\NC/C(=C\C(C)=N)C(F)(CC)CC)c1sc(-c2cccc(C)n2)cc1C. The Labute approximate surface area is 189 Å². The van der Waals surface area contributed by atoms with Crippen molar-refractivity contribution in [3.05, 3.63) is 57.7 Å². The van der Waals surface area contributed by atoms with E-state index in [4.69, 9.17) is 5.41 Å². The molecule has 0 spiro atoms. The fourth-order valence-electron chi connectivity index (χ4n) is 3.48. The van der Waals surface area contributed by atoms with Crippen LogP contribution in [-0.4, -0.2) is 29.6 Å². The molecule has 0 aliphatic carbocycles. The number of rotatable bonds is 10. The summed E-state index contributed by atoms with van der Waals surface area (Å²) in [5, 5.41) is 11.3. The molecule has 0 unspecified atom stereocenters. The van der Waals surface area contributed by atoms with E-state index in [1.807, 2.05) is 45.9 Å². The second-order valence-corrected chi connectivity index (χ2v) is 8.84. The number of hydrogen-bond donors (Lipinski definition) is 2. The largest absolute Gasteiger partial charge is 0.379 e. The summed E-state index contributed by atoms with van der Waals surface area (Å²) in [6.07, 6.45) is 2.37. The second kappa shape index (κ2) is 10.6. The maximum atomic E-state index is 15.5. The summed E-state index contributed by atoms with van der Waals surface area (Å²) in [6, 6.07) is 8.11. The smallest absolute Gasteiger partial charge is 0.133 e. The Morgan fingerprint density at radius 2 is 1.97 bits per heavy atom. The number of nitrogens with zero attached hydrogens (tertiary/aromatic N) is 2. The van der Waals surface area contributed by atoms with Crippen molar-refractivity contribution in [3.8, 4) is 10.6 Å². The summed E-state index contributed by atoms with van der Waals surface area (Å²) in [7, 11) is 0. The van der Waals surface area contributed by atoms with Crippen LogP contribution in [0.1, 0.15) is 56.7 Å². The number of aliphatic imine (C=N–C) groups is 1. The average molecular weight is 441 g/mol. The zero-order chi connectivity index (χ0) is 23.2. The quantitative estimate of drug-likeness (QED) is 0.395. The Balaban J connectivity index is 2.44. The van der Waals surface area contributed by atoms with Gasteiger partial charge >= 0.3 is 0 Å². The summed E-state index contributed by atoms with van der Waals surface area (Å²) < 4.78 is 15.5. The van der Waals surface area contributed by atoms with Gasteiger partial charge in [0.05, 0.1) is 26.8 Å². The Hall–Kier alpha value is -2.60. The first-order valence-electron chi connectivity index (χ1n) is 10.6. The Morgan fingerprint density at radius 3 is 2.52 bits per heavy atom. The summed E-state index contributed by atoms with van der Waals surface area (Å²) in [4.78, 5) is 10.9. The molecule has 2 aromatic heterocycles. The van der Waals surface area contributed by atoms with Crippen LogP contribution in [0.15, 0.2) is 46.6 Å². The standard InChI is InChI=1S/C25H33FN4S/c1-8-25(26,9-2)20(14-17(4)27)15-29-23(19(6)28-7)24-16(3)13-22(31-24)21-12-10-11-18(5)30-21/h10-14,27,29H,7-9,15H2,1-6H3/b20-14+,23-19-,27-17?. The first-order valence-corrected chi connectivity index (χ1v) is 11.4. The molecule has 0 aliphatic heterocycles. The van der Waals surface area contributed by atoms with E-state index in [0.717, 1.165) is 38.1 Å². The van der Waals surface area contributed by atoms with Gasteiger partial charge in [0.15, 0.2) is 0 Å². The first-order chi connectivity index (χ1) is 14.6. The van der Waals surface area contributed by atoms with E-state index in [1.54, 1.807) is 24.3 Å². The normalized spacial score (nSPS) is 13.1. The van der Waals surface area contributed by atoms with Crippen molar-refractivity contribution in [1.82, 2.24) is 10.3 Å². The van der Waals surface area contributed by atoms with Gasteiger partial charge in [-0.15, -0.1) is 11.3 Å². The Morgan fingerprint density at radius 1 is 1.29 bits per heavy atom. The monoisotopic (exact) mass is 440 g/mol. The summed E-state index contributed by atoms with van der Waals surface area (Å²) in [6.45, 7) is 15.3. The predicted octanol–water partition coefficient (Wildman–Crippen LogP) is 6.90. The number of thiophene rings is 1. The Bertz CT molecular complexity index is 1010. The van der Waals surface area contributed by atoms with Gasteiger partial charge in [0.25, 0.3) is 0 Å². The molecule has 2 aromatic rings. The molecule has 6 heteroatoms. The summed E-state index contributed by atoms with van der Waals surface area (Å²) >= 11 is 1.63. The highest BCUT2D eigenvalue weighted by Gasteiger charge is 2.30. The molecule has 2 N–H and O–H groups in total. The lowest BCUT2D eigenvalue weighted by Gasteiger charge is -2.27. The predicted molar refractivity (Wildman–Crippen MR) is 133 cm³/mol. The van der Waals surface area contributed by atoms with Crippen LogP contribution in [0, 0.1) is 19.3 Å². The van der Waals surface area contributed by atoms with Crippen LogP contribution in [0.2, 0.25) is 0 Å². The zero-order valence-electron chi connectivity index (χ0n) is 19.4. The number of aromatic nitrogens is 1. The van der Waals surface area contributed by atoms with Crippen LogP contribution in [0.3, 0.4) is 0 Å². The van der Waals surface area contributed by atoms with E-state index >= 15 is 4.39 Å². The lowest BCUT2D eigenvalue weighted by molar-refractivity contribution is 0.195. The van der Waals surface area contributed by atoms with E-state index in [2.05, 4.69) is 35.0 Å². The van der Waals surface area contributed by atoms with Crippen molar-refractivity contribution in [3.63, 3.8) is 0 Å². The van der Waals surface area contributed by atoms with E-state index in [-0.39, 0.29) is 0 Å². The lowest BCUT2D eigenvalue weighted by atomic mass is 9.89. The number of nitrogens with one attached hydrogen (secondary N) is 2. The highest BCUT2D eigenvalue weighted by Crippen LogP contribution is 2.36. The molecule has 0 fully saturated rings. The fraction of sp³-hybridized carbons (Fsp3) is 0.400. The molecule has 0 aliphatic rings. The third-order valence-electron chi connectivity index (χ3n) is 5.43. The maximum Gasteiger partial charge on any atom is 0.133 e.